The summed E-state index contributed by atoms with van der Waals surface area (Å²) in [6.45, 7) is 2.78. The molecule has 1 heterocycles. The summed E-state index contributed by atoms with van der Waals surface area (Å²) >= 11 is 5.96. The predicted octanol–water partition coefficient (Wildman–Crippen LogP) is 4.26. The number of aromatic nitrogens is 2. The number of nitrogens with zero attached hydrogens (tertiary/aromatic N) is 2. The van der Waals surface area contributed by atoms with Crippen LogP contribution in [-0.4, -0.2) is 30.2 Å². The van der Waals surface area contributed by atoms with Gasteiger partial charge in [-0.15, -0.1) is 0 Å². The summed E-state index contributed by atoms with van der Waals surface area (Å²) in [7, 11) is 1.58. The fourth-order valence-corrected chi connectivity index (χ4v) is 2.08. The Morgan fingerprint density at radius 2 is 1.96 bits per heavy atom. The summed E-state index contributed by atoms with van der Waals surface area (Å²) < 4.78 is 43.4. The summed E-state index contributed by atoms with van der Waals surface area (Å²) in [6, 6.07) is 4.74. The molecule has 130 valence electrons. The van der Waals surface area contributed by atoms with Crippen LogP contribution in [0, 0.1) is 6.92 Å². The van der Waals surface area contributed by atoms with Gasteiger partial charge in [0.05, 0.1) is 22.9 Å². The zero-order valence-electron chi connectivity index (χ0n) is 13.0. The SMILES string of the molecule is COCCNc1cc(C)nc(Nc2cc(C(F)(F)F)ccc2Cl)n1. The first kappa shape index (κ1) is 18.3. The summed E-state index contributed by atoms with van der Waals surface area (Å²) in [5.74, 6) is 0.682. The van der Waals surface area contributed by atoms with Crippen molar-refractivity contribution in [3.05, 3.63) is 40.5 Å². The predicted molar refractivity (Wildman–Crippen MR) is 86.9 cm³/mol. The van der Waals surface area contributed by atoms with E-state index in [1.54, 1.807) is 20.1 Å². The molecule has 1 aromatic carbocycles. The van der Waals surface area contributed by atoms with Gasteiger partial charge in [-0.1, -0.05) is 11.6 Å². The van der Waals surface area contributed by atoms with Crippen LogP contribution in [0.4, 0.5) is 30.6 Å². The van der Waals surface area contributed by atoms with Gasteiger partial charge in [-0.3, -0.25) is 0 Å². The molecule has 0 aliphatic carbocycles. The van der Waals surface area contributed by atoms with Crippen LogP contribution in [0.15, 0.2) is 24.3 Å². The Labute approximate surface area is 142 Å². The molecule has 0 amide bonds. The van der Waals surface area contributed by atoms with E-state index < -0.39 is 11.7 Å². The molecule has 5 nitrogen and oxygen atoms in total. The number of ether oxygens (including phenoxy) is 1. The number of anilines is 3. The third-order valence-corrected chi connectivity index (χ3v) is 3.34. The maximum absolute atomic E-state index is 12.8. The highest BCUT2D eigenvalue weighted by atomic mass is 35.5. The quantitative estimate of drug-likeness (QED) is 0.754. The lowest BCUT2D eigenvalue weighted by molar-refractivity contribution is -0.137. The van der Waals surface area contributed by atoms with E-state index in [4.69, 9.17) is 16.3 Å². The number of methoxy groups -OCH3 is 1. The number of aryl methyl sites for hydroxylation is 1. The molecular weight excluding hydrogens is 345 g/mol. The lowest BCUT2D eigenvalue weighted by atomic mass is 10.2. The molecule has 0 bridgehead atoms. The average Bonchev–Trinajstić information content (AvgIpc) is 2.48. The molecule has 0 aliphatic heterocycles. The standard InChI is InChI=1S/C15H16ClF3N4O/c1-9-7-13(20-5-6-24-2)23-14(21-9)22-12-8-10(15(17,18)19)3-4-11(12)16/h3-4,7-8H,5-6H2,1-2H3,(H2,20,21,22,23). The molecule has 2 rings (SSSR count). The zero-order chi connectivity index (χ0) is 17.7. The van der Waals surface area contributed by atoms with Crippen LogP contribution in [0.5, 0.6) is 0 Å². The van der Waals surface area contributed by atoms with E-state index in [9.17, 15) is 13.2 Å². The molecule has 0 saturated heterocycles. The molecule has 1 aromatic heterocycles. The molecule has 0 saturated carbocycles. The molecule has 0 fully saturated rings. The Bertz CT molecular complexity index is 710. The van der Waals surface area contributed by atoms with E-state index >= 15 is 0 Å². The van der Waals surface area contributed by atoms with Gasteiger partial charge in [0, 0.05) is 25.4 Å². The lowest BCUT2D eigenvalue weighted by Gasteiger charge is -2.13. The summed E-state index contributed by atoms with van der Waals surface area (Å²) in [6.07, 6.45) is -4.46. The van der Waals surface area contributed by atoms with Crippen LogP contribution >= 0.6 is 11.6 Å². The highest BCUT2D eigenvalue weighted by Gasteiger charge is 2.31. The van der Waals surface area contributed by atoms with Crippen LogP contribution < -0.4 is 10.6 Å². The number of benzene rings is 1. The van der Waals surface area contributed by atoms with Crippen molar-refractivity contribution in [2.45, 2.75) is 13.1 Å². The fourth-order valence-electron chi connectivity index (χ4n) is 1.91. The highest BCUT2D eigenvalue weighted by Crippen LogP contribution is 2.34. The highest BCUT2D eigenvalue weighted by molar-refractivity contribution is 6.33. The van der Waals surface area contributed by atoms with E-state index in [2.05, 4.69) is 20.6 Å². The molecule has 24 heavy (non-hydrogen) atoms. The van der Waals surface area contributed by atoms with Crippen molar-refractivity contribution in [2.24, 2.45) is 0 Å². The summed E-state index contributed by atoms with van der Waals surface area (Å²) in [5, 5.41) is 5.91. The second-order valence-electron chi connectivity index (χ2n) is 4.96. The third kappa shape index (κ3) is 4.97. The molecule has 2 aromatic rings. The van der Waals surface area contributed by atoms with Crippen LogP contribution in [0.2, 0.25) is 5.02 Å². The molecule has 0 unspecified atom stereocenters. The summed E-state index contributed by atoms with van der Waals surface area (Å²) in [4.78, 5) is 8.36. The number of hydrogen-bond donors (Lipinski definition) is 2. The fraction of sp³-hybridized carbons (Fsp3) is 0.333. The molecule has 0 atom stereocenters. The van der Waals surface area contributed by atoms with E-state index in [1.807, 2.05) is 0 Å². The van der Waals surface area contributed by atoms with Gasteiger partial charge in [-0.25, -0.2) is 4.98 Å². The van der Waals surface area contributed by atoms with Crippen LogP contribution in [-0.2, 0) is 10.9 Å². The van der Waals surface area contributed by atoms with Crippen LogP contribution in [0.1, 0.15) is 11.3 Å². The normalized spacial score (nSPS) is 11.4. The number of nitrogens with one attached hydrogen (secondary N) is 2. The van der Waals surface area contributed by atoms with E-state index in [0.29, 0.717) is 24.7 Å². The maximum atomic E-state index is 12.8. The van der Waals surface area contributed by atoms with Crippen molar-refractivity contribution in [3.8, 4) is 0 Å². The van der Waals surface area contributed by atoms with Gasteiger partial charge in [-0.05, 0) is 25.1 Å². The molecule has 2 N–H and O–H groups in total. The van der Waals surface area contributed by atoms with Crippen molar-refractivity contribution in [3.63, 3.8) is 0 Å². The van der Waals surface area contributed by atoms with E-state index in [0.717, 1.165) is 12.1 Å². The molecule has 0 radical (unpaired) electrons. The van der Waals surface area contributed by atoms with Gasteiger partial charge in [0.15, 0.2) is 0 Å². The minimum Gasteiger partial charge on any atom is -0.383 e. The van der Waals surface area contributed by atoms with Crippen LogP contribution in [0.25, 0.3) is 0 Å². The minimum atomic E-state index is -4.46. The number of rotatable bonds is 6. The minimum absolute atomic E-state index is 0.0833. The van der Waals surface area contributed by atoms with Gasteiger partial charge in [0.2, 0.25) is 5.95 Å². The van der Waals surface area contributed by atoms with Gasteiger partial charge < -0.3 is 15.4 Å². The van der Waals surface area contributed by atoms with Crippen LogP contribution in [0.3, 0.4) is 0 Å². The van der Waals surface area contributed by atoms with Gasteiger partial charge in [-0.2, -0.15) is 18.2 Å². The molecular formula is C15H16ClF3N4O. The number of alkyl halides is 3. The van der Waals surface area contributed by atoms with Crippen molar-refractivity contribution in [2.75, 3.05) is 30.9 Å². The van der Waals surface area contributed by atoms with E-state index in [1.165, 1.54) is 6.07 Å². The second kappa shape index (κ2) is 7.67. The molecule has 0 aliphatic rings. The first-order valence-corrected chi connectivity index (χ1v) is 7.39. The summed E-state index contributed by atoms with van der Waals surface area (Å²) in [5.41, 5.74) is -0.0732. The Morgan fingerprint density at radius 3 is 2.62 bits per heavy atom. The molecule has 9 heteroatoms. The Morgan fingerprint density at radius 1 is 1.21 bits per heavy atom. The number of halogens is 4. The van der Waals surface area contributed by atoms with Crippen molar-refractivity contribution in [1.82, 2.24) is 9.97 Å². The van der Waals surface area contributed by atoms with Crippen molar-refractivity contribution in [1.29, 1.82) is 0 Å². The Balaban J connectivity index is 2.24. The lowest BCUT2D eigenvalue weighted by Crippen LogP contribution is -2.11. The third-order valence-electron chi connectivity index (χ3n) is 3.01. The average molecular weight is 361 g/mol. The first-order valence-electron chi connectivity index (χ1n) is 7.02. The van der Waals surface area contributed by atoms with E-state index in [-0.39, 0.29) is 16.7 Å². The first-order chi connectivity index (χ1) is 11.3. The van der Waals surface area contributed by atoms with Crippen molar-refractivity contribution >= 4 is 29.1 Å². The van der Waals surface area contributed by atoms with Gasteiger partial charge in [0.1, 0.15) is 5.82 Å². The monoisotopic (exact) mass is 360 g/mol. The zero-order valence-corrected chi connectivity index (χ0v) is 13.8. The Kier molecular flexibility index (Phi) is 5.84. The maximum Gasteiger partial charge on any atom is 0.416 e. The van der Waals surface area contributed by atoms with Gasteiger partial charge in [0.25, 0.3) is 0 Å². The van der Waals surface area contributed by atoms with Crippen molar-refractivity contribution < 1.29 is 17.9 Å². The largest absolute Gasteiger partial charge is 0.416 e. The number of hydrogen-bond acceptors (Lipinski definition) is 5. The molecule has 0 spiro atoms. The Hall–Kier alpha value is -2.06. The smallest absolute Gasteiger partial charge is 0.383 e. The second-order valence-corrected chi connectivity index (χ2v) is 5.36. The topological polar surface area (TPSA) is 59.1 Å². The van der Waals surface area contributed by atoms with Gasteiger partial charge >= 0.3 is 6.18 Å².